The Labute approximate surface area is 187 Å². The Kier molecular flexibility index (Phi) is 6.46. The molecule has 1 aliphatic rings. The Morgan fingerprint density at radius 1 is 0.935 bits per heavy atom. The van der Waals surface area contributed by atoms with E-state index in [0.29, 0.717) is 5.69 Å². The number of nitrogens with zero attached hydrogens (tertiary/aromatic N) is 1. The number of amides is 1. The molecule has 1 fully saturated rings. The Bertz CT molecular complexity index is 1130. The molecule has 5 nitrogen and oxygen atoms in total. The summed E-state index contributed by atoms with van der Waals surface area (Å²) in [6, 6.07) is 25.9. The number of anilines is 1. The first kappa shape index (κ1) is 21.6. The van der Waals surface area contributed by atoms with Gasteiger partial charge in [0.15, 0.2) is 0 Å². The van der Waals surface area contributed by atoms with Crippen molar-refractivity contribution in [1.29, 1.82) is 0 Å². The van der Waals surface area contributed by atoms with Gasteiger partial charge in [0.25, 0.3) is 0 Å². The second-order valence-electron chi connectivity index (χ2n) is 7.49. The lowest BCUT2D eigenvalue weighted by atomic mass is 10.1. The summed E-state index contributed by atoms with van der Waals surface area (Å²) in [6.45, 7) is 0. The lowest BCUT2D eigenvalue weighted by Gasteiger charge is -2.18. The van der Waals surface area contributed by atoms with Crippen molar-refractivity contribution in [3.8, 4) is 0 Å². The Balaban J connectivity index is 1.51. The van der Waals surface area contributed by atoms with Crippen LogP contribution in [0.25, 0.3) is 0 Å². The third-order valence-electron chi connectivity index (χ3n) is 5.20. The highest BCUT2D eigenvalue weighted by molar-refractivity contribution is 8.00. The van der Waals surface area contributed by atoms with Gasteiger partial charge < -0.3 is 5.32 Å². The van der Waals surface area contributed by atoms with Gasteiger partial charge in [-0.05, 0) is 54.8 Å². The second-order valence-corrected chi connectivity index (χ2v) is 10.7. The number of hydrogen-bond donors (Lipinski definition) is 1. The van der Waals surface area contributed by atoms with Crippen LogP contribution in [0.4, 0.5) is 5.69 Å². The van der Waals surface area contributed by atoms with E-state index >= 15 is 0 Å². The SMILES string of the molecule is CN(C1CC1)S(=O)(=O)c1ccc(NC(=O)C(Sc2ccccc2)c2ccccc2)cc1. The van der Waals surface area contributed by atoms with Crippen molar-refractivity contribution in [2.45, 2.75) is 33.9 Å². The van der Waals surface area contributed by atoms with Crippen LogP contribution in [-0.2, 0) is 14.8 Å². The van der Waals surface area contributed by atoms with E-state index < -0.39 is 15.3 Å². The molecule has 1 unspecified atom stereocenters. The van der Waals surface area contributed by atoms with Crippen LogP contribution in [0.3, 0.4) is 0 Å². The molecule has 160 valence electrons. The smallest absolute Gasteiger partial charge is 0.243 e. The highest BCUT2D eigenvalue weighted by Crippen LogP contribution is 2.36. The number of sulfonamides is 1. The molecule has 0 radical (unpaired) electrons. The molecular formula is C24H24N2O3S2. The van der Waals surface area contributed by atoms with Crippen LogP contribution < -0.4 is 5.32 Å². The minimum absolute atomic E-state index is 0.103. The molecule has 0 spiro atoms. The van der Waals surface area contributed by atoms with Crippen LogP contribution in [0.1, 0.15) is 23.7 Å². The average molecular weight is 453 g/mol. The molecule has 7 heteroatoms. The normalized spacial score (nSPS) is 14.9. The summed E-state index contributed by atoms with van der Waals surface area (Å²) in [5, 5.41) is 2.50. The zero-order valence-electron chi connectivity index (χ0n) is 17.1. The minimum atomic E-state index is -3.50. The van der Waals surface area contributed by atoms with Gasteiger partial charge in [-0.2, -0.15) is 4.31 Å². The van der Waals surface area contributed by atoms with Crippen LogP contribution in [0.5, 0.6) is 0 Å². The first-order valence-electron chi connectivity index (χ1n) is 10.1. The topological polar surface area (TPSA) is 66.5 Å². The van der Waals surface area contributed by atoms with Crippen molar-refractivity contribution in [2.75, 3.05) is 12.4 Å². The summed E-state index contributed by atoms with van der Waals surface area (Å²) in [6.07, 6.45) is 1.81. The van der Waals surface area contributed by atoms with Crippen molar-refractivity contribution >= 4 is 33.4 Å². The van der Waals surface area contributed by atoms with Gasteiger partial charge in [-0.3, -0.25) is 4.79 Å². The van der Waals surface area contributed by atoms with Crippen LogP contribution >= 0.6 is 11.8 Å². The van der Waals surface area contributed by atoms with Crippen molar-refractivity contribution in [3.63, 3.8) is 0 Å². The molecule has 0 heterocycles. The van der Waals surface area contributed by atoms with Crippen LogP contribution in [0.2, 0.25) is 0 Å². The van der Waals surface area contributed by atoms with E-state index in [-0.39, 0.29) is 16.8 Å². The molecule has 1 amide bonds. The fourth-order valence-corrected chi connectivity index (χ4v) is 5.72. The summed E-state index contributed by atoms with van der Waals surface area (Å²) in [5.74, 6) is -0.161. The van der Waals surface area contributed by atoms with Gasteiger partial charge in [0.1, 0.15) is 5.25 Å². The van der Waals surface area contributed by atoms with Gasteiger partial charge in [-0.15, -0.1) is 11.8 Å². The van der Waals surface area contributed by atoms with E-state index in [1.54, 1.807) is 31.3 Å². The van der Waals surface area contributed by atoms with E-state index in [0.717, 1.165) is 23.3 Å². The lowest BCUT2D eigenvalue weighted by molar-refractivity contribution is -0.115. The van der Waals surface area contributed by atoms with Gasteiger partial charge in [0.05, 0.1) is 4.90 Å². The van der Waals surface area contributed by atoms with Crippen LogP contribution in [0, 0.1) is 0 Å². The Hall–Kier alpha value is -2.61. The number of hydrogen-bond acceptors (Lipinski definition) is 4. The highest BCUT2D eigenvalue weighted by Gasteiger charge is 2.35. The van der Waals surface area contributed by atoms with Gasteiger partial charge in [0.2, 0.25) is 15.9 Å². The van der Waals surface area contributed by atoms with E-state index in [4.69, 9.17) is 0 Å². The molecule has 0 aliphatic heterocycles. The fraction of sp³-hybridized carbons (Fsp3) is 0.208. The quantitative estimate of drug-likeness (QED) is 0.492. The molecule has 0 bridgehead atoms. The summed E-state index contributed by atoms with van der Waals surface area (Å²) in [7, 11) is -1.89. The van der Waals surface area contributed by atoms with Crippen molar-refractivity contribution in [2.24, 2.45) is 0 Å². The molecule has 0 saturated heterocycles. The van der Waals surface area contributed by atoms with Crippen LogP contribution in [0.15, 0.2) is 94.7 Å². The maximum Gasteiger partial charge on any atom is 0.243 e. The largest absolute Gasteiger partial charge is 0.325 e. The summed E-state index contributed by atoms with van der Waals surface area (Å²) in [4.78, 5) is 14.4. The summed E-state index contributed by atoms with van der Waals surface area (Å²) >= 11 is 1.48. The molecule has 1 N–H and O–H groups in total. The number of carbonyl (C=O) groups excluding carboxylic acids is 1. The van der Waals surface area contributed by atoms with Gasteiger partial charge in [0, 0.05) is 23.7 Å². The second kappa shape index (κ2) is 9.26. The predicted molar refractivity (Wildman–Crippen MR) is 125 cm³/mol. The number of thioether (sulfide) groups is 1. The monoisotopic (exact) mass is 452 g/mol. The third kappa shape index (κ3) is 5.18. The van der Waals surface area contributed by atoms with Gasteiger partial charge in [-0.25, -0.2) is 8.42 Å². The zero-order valence-corrected chi connectivity index (χ0v) is 18.8. The molecule has 1 atom stereocenters. The molecule has 1 saturated carbocycles. The summed E-state index contributed by atoms with van der Waals surface area (Å²) < 4.78 is 26.8. The Morgan fingerprint density at radius 3 is 2.10 bits per heavy atom. The molecule has 31 heavy (non-hydrogen) atoms. The van der Waals surface area contributed by atoms with Gasteiger partial charge in [-0.1, -0.05) is 48.5 Å². The maximum absolute atomic E-state index is 13.1. The van der Waals surface area contributed by atoms with Crippen molar-refractivity contribution < 1.29 is 13.2 Å². The molecule has 4 rings (SSSR count). The maximum atomic E-state index is 13.1. The van der Waals surface area contributed by atoms with E-state index in [1.807, 2.05) is 60.7 Å². The highest BCUT2D eigenvalue weighted by atomic mass is 32.2. The Morgan fingerprint density at radius 2 is 1.52 bits per heavy atom. The minimum Gasteiger partial charge on any atom is -0.325 e. The predicted octanol–water partition coefficient (Wildman–Crippen LogP) is 4.94. The average Bonchev–Trinajstić information content (AvgIpc) is 3.64. The number of benzene rings is 3. The summed E-state index contributed by atoms with van der Waals surface area (Å²) in [5.41, 5.74) is 1.46. The van der Waals surface area contributed by atoms with E-state index in [2.05, 4.69) is 5.32 Å². The van der Waals surface area contributed by atoms with Crippen LogP contribution in [-0.4, -0.2) is 31.7 Å². The molecular weight excluding hydrogens is 428 g/mol. The number of rotatable bonds is 8. The number of nitrogens with one attached hydrogen (secondary N) is 1. The first-order valence-corrected chi connectivity index (χ1v) is 12.4. The number of carbonyl (C=O) groups is 1. The first-order chi connectivity index (χ1) is 14.9. The molecule has 0 aromatic heterocycles. The van der Waals surface area contributed by atoms with Crippen molar-refractivity contribution in [1.82, 2.24) is 4.31 Å². The third-order valence-corrected chi connectivity index (χ3v) is 8.39. The lowest BCUT2D eigenvalue weighted by Crippen LogP contribution is -2.28. The van der Waals surface area contributed by atoms with E-state index in [1.165, 1.54) is 16.1 Å². The molecule has 3 aromatic carbocycles. The molecule has 3 aromatic rings. The fourth-order valence-electron chi connectivity index (χ4n) is 3.25. The molecule has 1 aliphatic carbocycles. The van der Waals surface area contributed by atoms with E-state index in [9.17, 15) is 13.2 Å². The standard InChI is InChI=1S/C24H24N2O3S2/c1-26(20-14-15-20)31(28,29)22-16-12-19(13-17-22)25-24(27)23(18-8-4-2-5-9-18)30-21-10-6-3-7-11-21/h2-13,16-17,20,23H,14-15H2,1H3,(H,25,27). The zero-order chi connectivity index (χ0) is 21.8. The van der Waals surface area contributed by atoms with Gasteiger partial charge >= 0.3 is 0 Å². The van der Waals surface area contributed by atoms with Crippen molar-refractivity contribution in [3.05, 3.63) is 90.5 Å².